The predicted octanol–water partition coefficient (Wildman–Crippen LogP) is 3.01. The SMILES string of the molecule is CC(C)(C)OC(=O)N1CCN2C(NCc3cccc(OCC(F)(F)F)c3)=NCC2C1. The smallest absolute Gasteiger partial charge is 0.422 e. The van der Waals surface area contributed by atoms with E-state index >= 15 is 0 Å². The van der Waals surface area contributed by atoms with Gasteiger partial charge in [-0.25, -0.2) is 4.79 Å². The van der Waals surface area contributed by atoms with E-state index in [-0.39, 0.29) is 17.9 Å². The van der Waals surface area contributed by atoms with E-state index in [1.165, 1.54) is 6.07 Å². The first-order valence-corrected chi connectivity index (χ1v) is 9.81. The first-order valence-electron chi connectivity index (χ1n) is 9.81. The molecule has 2 aliphatic rings. The third kappa shape index (κ3) is 6.17. The average Bonchev–Trinajstić information content (AvgIpc) is 3.05. The number of ether oxygens (including phenoxy) is 2. The standard InChI is InChI=1S/C20H27F3N4O3/c1-19(2,3)30-18(28)26-7-8-27-15(12-26)11-25-17(27)24-10-14-5-4-6-16(9-14)29-13-20(21,22)23/h4-6,9,15H,7-8,10-13H2,1-3H3,(H,24,25). The van der Waals surface area contributed by atoms with Gasteiger partial charge in [-0.2, -0.15) is 13.2 Å². The zero-order valence-electron chi connectivity index (χ0n) is 17.3. The van der Waals surface area contributed by atoms with Gasteiger partial charge in [-0.15, -0.1) is 0 Å². The van der Waals surface area contributed by atoms with Gasteiger partial charge in [0.15, 0.2) is 12.6 Å². The van der Waals surface area contributed by atoms with E-state index in [2.05, 4.69) is 15.2 Å². The number of fused-ring (bicyclic) bond motifs is 1. The maximum absolute atomic E-state index is 12.3. The van der Waals surface area contributed by atoms with E-state index in [1.807, 2.05) is 20.8 Å². The van der Waals surface area contributed by atoms with E-state index < -0.39 is 18.4 Å². The van der Waals surface area contributed by atoms with Crippen molar-refractivity contribution in [3.05, 3.63) is 29.8 Å². The highest BCUT2D eigenvalue weighted by Crippen LogP contribution is 2.21. The molecule has 7 nitrogen and oxygen atoms in total. The number of benzene rings is 1. The average molecular weight is 428 g/mol. The van der Waals surface area contributed by atoms with Crippen LogP contribution in [0.15, 0.2) is 29.3 Å². The summed E-state index contributed by atoms with van der Waals surface area (Å²) >= 11 is 0. The highest BCUT2D eigenvalue weighted by Gasteiger charge is 2.36. The van der Waals surface area contributed by atoms with Crippen LogP contribution in [-0.4, -0.2) is 72.5 Å². The Morgan fingerprint density at radius 2 is 2.03 bits per heavy atom. The van der Waals surface area contributed by atoms with Crippen molar-refractivity contribution in [3.8, 4) is 5.75 Å². The van der Waals surface area contributed by atoms with E-state index in [9.17, 15) is 18.0 Å². The van der Waals surface area contributed by atoms with Crippen LogP contribution in [0.3, 0.4) is 0 Å². The quantitative estimate of drug-likeness (QED) is 0.799. The van der Waals surface area contributed by atoms with Crippen LogP contribution in [0, 0.1) is 0 Å². The van der Waals surface area contributed by atoms with Gasteiger partial charge < -0.3 is 24.6 Å². The molecule has 0 aromatic heterocycles. The highest BCUT2D eigenvalue weighted by atomic mass is 19.4. The molecule has 1 N–H and O–H groups in total. The van der Waals surface area contributed by atoms with Crippen LogP contribution in [-0.2, 0) is 11.3 Å². The van der Waals surface area contributed by atoms with Crippen molar-refractivity contribution in [2.45, 2.75) is 45.1 Å². The van der Waals surface area contributed by atoms with Crippen LogP contribution in [0.1, 0.15) is 26.3 Å². The monoisotopic (exact) mass is 428 g/mol. The fraction of sp³-hybridized carbons (Fsp3) is 0.600. The molecule has 0 bridgehead atoms. The molecule has 1 amide bonds. The minimum Gasteiger partial charge on any atom is -0.484 e. The van der Waals surface area contributed by atoms with E-state index in [1.54, 1.807) is 23.1 Å². The van der Waals surface area contributed by atoms with E-state index in [4.69, 9.17) is 9.47 Å². The molecule has 1 fully saturated rings. The number of piperazine rings is 1. The summed E-state index contributed by atoms with van der Waals surface area (Å²) in [6.07, 6.45) is -4.69. The molecule has 0 radical (unpaired) electrons. The molecule has 2 heterocycles. The largest absolute Gasteiger partial charge is 0.484 e. The van der Waals surface area contributed by atoms with Crippen LogP contribution in [0.25, 0.3) is 0 Å². The molecule has 1 aromatic carbocycles. The molecule has 2 aliphatic heterocycles. The Hall–Kier alpha value is -2.65. The number of alkyl halides is 3. The minimum absolute atomic E-state index is 0.0789. The zero-order valence-corrected chi connectivity index (χ0v) is 17.3. The second-order valence-corrected chi connectivity index (χ2v) is 8.34. The van der Waals surface area contributed by atoms with Crippen molar-refractivity contribution in [1.82, 2.24) is 15.1 Å². The molecule has 1 saturated heterocycles. The van der Waals surface area contributed by atoms with Gasteiger partial charge in [0.2, 0.25) is 0 Å². The Balaban J connectivity index is 1.50. The molecule has 1 atom stereocenters. The van der Waals surface area contributed by atoms with Crippen LogP contribution >= 0.6 is 0 Å². The van der Waals surface area contributed by atoms with Crippen molar-refractivity contribution in [2.75, 3.05) is 32.8 Å². The van der Waals surface area contributed by atoms with Crippen LogP contribution in [0.4, 0.5) is 18.0 Å². The summed E-state index contributed by atoms with van der Waals surface area (Å²) in [5.41, 5.74) is 0.249. The third-order valence-electron chi connectivity index (χ3n) is 4.61. The fourth-order valence-electron chi connectivity index (χ4n) is 3.31. The van der Waals surface area contributed by atoms with Crippen LogP contribution in [0.5, 0.6) is 5.75 Å². The number of halogens is 3. The topological polar surface area (TPSA) is 66.4 Å². The van der Waals surface area contributed by atoms with Gasteiger partial charge >= 0.3 is 12.3 Å². The summed E-state index contributed by atoms with van der Waals surface area (Å²) in [6.45, 7) is 6.86. The molecule has 1 aromatic rings. The summed E-state index contributed by atoms with van der Waals surface area (Å²) in [7, 11) is 0. The summed E-state index contributed by atoms with van der Waals surface area (Å²) in [6, 6.07) is 6.61. The van der Waals surface area contributed by atoms with Crippen molar-refractivity contribution in [3.63, 3.8) is 0 Å². The minimum atomic E-state index is -4.37. The van der Waals surface area contributed by atoms with Crippen molar-refractivity contribution >= 4 is 12.1 Å². The number of amides is 1. The number of guanidine groups is 1. The summed E-state index contributed by atoms with van der Waals surface area (Å²) in [5.74, 6) is 0.897. The molecule has 30 heavy (non-hydrogen) atoms. The van der Waals surface area contributed by atoms with Crippen LogP contribution in [0.2, 0.25) is 0 Å². The van der Waals surface area contributed by atoms with Gasteiger partial charge in [-0.3, -0.25) is 4.99 Å². The molecular formula is C20H27F3N4O3. The lowest BCUT2D eigenvalue weighted by Crippen LogP contribution is -2.57. The van der Waals surface area contributed by atoms with Gasteiger partial charge in [0.05, 0.1) is 12.6 Å². The maximum Gasteiger partial charge on any atom is 0.422 e. The van der Waals surface area contributed by atoms with Gasteiger partial charge in [-0.05, 0) is 38.5 Å². The number of nitrogens with zero attached hydrogens (tertiary/aromatic N) is 3. The number of hydrogen-bond donors (Lipinski definition) is 1. The molecule has 166 valence electrons. The van der Waals surface area contributed by atoms with Gasteiger partial charge in [0, 0.05) is 26.2 Å². The number of hydrogen-bond acceptors (Lipinski definition) is 6. The molecule has 10 heteroatoms. The first-order chi connectivity index (χ1) is 14.0. The number of aliphatic imine (C=N–C) groups is 1. The van der Waals surface area contributed by atoms with Gasteiger partial charge in [-0.1, -0.05) is 12.1 Å². The van der Waals surface area contributed by atoms with E-state index in [0.717, 1.165) is 11.5 Å². The van der Waals surface area contributed by atoms with Crippen molar-refractivity contribution in [1.29, 1.82) is 0 Å². The van der Waals surface area contributed by atoms with Crippen molar-refractivity contribution < 1.29 is 27.4 Å². The summed E-state index contributed by atoms with van der Waals surface area (Å²) in [5, 5.41) is 3.24. The lowest BCUT2D eigenvalue weighted by molar-refractivity contribution is -0.153. The highest BCUT2D eigenvalue weighted by molar-refractivity contribution is 5.82. The second-order valence-electron chi connectivity index (χ2n) is 8.34. The molecule has 1 unspecified atom stereocenters. The Bertz CT molecular complexity index is 792. The van der Waals surface area contributed by atoms with E-state index in [0.29, 0.717) is 32.7 Å². The lowest BCUT2D eigenvalue weighted by atomic mass is 10.2. The zero-order chi connectivity index (χ0) is 21.9. The lowest BCUT2D eigenvalue weighted by Gasteiger charge is -2.39. The summed E-state index contributed by atoms with van der Waals surface area (Å²) < 4.78 is 47.2. The Labute approximate surface area is 173 Å². The Morgan fingerprint density at radius 3 is 2.73 bits per heavy atom. The maximum atomic E-state index is 12.3. The molecule has 0 saturated carbocycles. The number of nitrogens with one attached hydrogen (secondary N) is 1. The Morgan fingerprint density at radius 1 is 1.27 bits per heavy atom. The molecule has 3 rings (SSSR count). The van der Waals surface area contributed by atoms with Gasteiger partial charge in [0.1, 0.15) is 11.4 Å². The second kappa shape index (κ2) is 8.61. The number of carbonyl (C=O) groups excluding carboxylic acids is 1. The van der Waals surface area contributed by atoms with Crippen molar-refractivity contribution in [2.24, 2.45) is 4.99 Å². The molecule has 0 spiro atoms. The molecular weight excluding hydrogens is 401 g/mol. The first kappa shape index (κ1) is 22.0. The fourth-order valence-corrected chi connectivity index (χ4v) is 3.31. The molecule has 0 aliphatic carbocycles. The third-order valence-corrected chi connectivity index (χ3v) is 4.61. The Kier molecular flexibility index (Phi) is 6.33. The predicted molar refractivity (Wildman–Crippen MR) is 105 cm³/mol. The summed E-state index contributed by atoms with van der Waals surface area (Å²) in [4.78, 5) is 20.6. The number of rotatable bonds is 4. The number of carbonyl (C=O) groups is 1. The normalized spacial score (nSPS) is 19.3. The van der Waals surface area contributed by atoms with Crippen LogP contribution < -0.4 is 10.1 Å². The van der Waals surface area contributed by atoms with Gasteiger partial charge in [0.25, 0.3) is 0 Å².